The van der Waals surface area contributed by atoms with Crippen LogP contribution in [-0.2, 0) is 36.0 Å². The Morgan fingerprint density at radius 3 is 3.14 bits per heavy atom. The predicted octanol–water partition coefficient (Wildman–Crippen LogP) is 0.667. The van der Waals surface area contributed by atoms with Gasteiger partial charge in [-0.05, 0) is 12.0 Å². The van der Waals surface area contributed by atoms with Crippen LogP contribution in [0.25, 0.3) is 0 Å². The van der Waals surface area contributed by atoms with Crippen LogP contribution in [0.15, 0.2) is 18.6 Å². The molecule has 3 heterocycles. The van der Waals surface area contributed by atoms with Crippen LogP contribution in [0.3, 0.4) is 0 Å². The third-order valence-corrected chi connectivity index (χ3v) is 3.81. The van der Waals surface area contributed by atoms with Gasteiger partial charge in [0.05, 0.1) is 31.6 Å². The molecule has 1 N–H and O–H groups in total. The van der Waals surface area contributed by atoms with Gasteiger partial charge in [0.25, 0.3) is 0 Å². The van der Waals surface area contributed by atoms with Crippen molar-refractivity contribution in [3.63, 3.8) is 0 Å². The lowest BCUT2D eigenvalue weighted by Gasteiger charge is -2.22. The largest absolute Gasteiger partial charge is 0.383 e. The number of nitrogens with zero attached hydrogens (tertiary/aromatic N) is 4. The van der Waals surface area contributed by atoms with E-state index in [4.69, 9.17) is 9.47 Å². The van der Waals surface area contributed by atoms with Crippen molar-refractivity contribution in [1.29, 1.82) is 0 Å². The second-order valence-electron chi connectivity index (χ2n) is 5.56. The quantitative estimate of drug-likeness (QED) is 0.814. The van der Waals surface area contributed by atoms with Crippen molar-refractivity contribution in [1.82, 2.24) is 24.9 Å². The van der Waals surface area contributed by atoms with Crippen molar-refractivity contribution in [2.24, 2.45) is 7.05 Å². The van der Waals surface area contributed by atoms with Gasteiger partial charge in [0, 0.05) is 45.2 Å². The minimum Gasteiger partial charge on any atom is -0.383 e. The van der Waals surface area contributed by atoms with Gasteiger partial charge in [-0.25, -0.2) is 0 Å². The molecule has 1 aliphatic heterocycles. The van der Waals surface area contributed by atoms with Crippen LogP contribution >= 0.6 is 0 Å². The van der Waals surface area contributed by atoms with Crippen LogP contribution in [0.2, 0.25) is 0 Å². The van der Waals surface area contributed by atoms with Crippen LogP contribution in [0, 0.1) is 0 Å². The Labute approximate surface area is 130 Å². The molecule has 0 unspecified atom stereocenters. The van der Waals surface area contributed by atoms with E-state index in [-0.39, 0.29) is 6.10 Å². The highest BCUT2D eigenvalue weighted by Crippen LogP contribution is 2.25. The molecule has 1 aliphatic rings. The van der Waals surface area contributed by atoms with E-state index in [9.17, 15) is 0 Å². The molecule has 7 heteroatoms. The average molecular weight is 305 g/mol. The first-order valence-electron chi connectivity index (χ1n) is 7.61. The molecule has 2 aromatic heterocycles. The molecule has 3 rings (SSSR count). The Morgan fingerprint density at radius 2 is 2.36 bits per heavy atom. The molecule has 120 valence electrons. The van der Waals surface area contributed by atoms with Crippen molar-refractivity contribution < 1.29 is 9.47 Å². The first-order chi connectivity index (χ1) is 10.8. The van der Waals surface area contributed by atoms with Crippen LogP contribution in [0.5, 0.6) is 0 Å². The standard InChI is InChI=1S/C15H23N5O2/c1-19-10-12(8-17-19)7-16-9-14-15-13(3-5-22-14)11-20(18-15)4-6-21-2/h8,10-11,14,16H,3-7,9H2,1-2H3/t14-/m1/s1. The van der Waals surface area contributed by atoms with Gasteiger partial charge in [0.15, 0.2) is 0 Å². The van der Waals surface area contributed by atoms with Gasteiger partial charge in [-0.1, -0.05) is 0 Å². The van der Waals surface area contributed by atoms with E-state index in [1.807, 2.05) is 28.8 Å². The summed E-state index contributed by atoms with van der Waals surface area (Å²) in [6.07, 6.45) is 6.95. The molecule has 0 aromatic carbocycles. The van der Waals surface area contributed by atoms with E-state index in [2.05, 4.69) is 21.7 Å². The van der Waals surface area contributed by atoms with Gasteiger partial charge in [0.2, 0.25) is 0 Å². The molecule has 0 fully saturated rings. The summed E-state index contributed by atoms with van der Waals surface area (Å²) in [4.78, 5) is 0. The second kappa shape index (κ2) is 7.04. The van der Waals surface area contributed by atoms with Gasteiger partial charge in [0.1, 0.15) is 6.10 Å². The van der Waals surface area contributed by atoms with Gasteiger partial charge in [-0.3, -0.25) is 9.36 Å². The minimum atomic E-state index is 0.0178. The number of rotatable bonds is 7. The zero-order chi connectivity index (χ0) is 15.4. The third-order valence-electron chi connectivity index (χ3n) is 3.81. The summed E-state index contributed by atoms with van der Waals surface area (Å²) in [6.45, 7) is 3.74. The number of aryl methyl sites for hydroxylation is 1. The van der Waals surface area contributed by atoms with Crippen LogP contribution in [0.1, 0.15) is 22.9 Å². The lowest BCUT2D eigenvalue weighted by atomic mass is 10.1. The van der Waals surface area contributed by atoms with Gasteiger partial charge in [-0.15, -0.1) is 0 Å². The summed E-state index contributed by atoms with van der Waals surface area (Å²) in [6, 6.07) is 0. The van der Waals surface area contributed by atoms with Gasteiger partial charge >= 0.3 is 0 Å². The molecule has 2 aromatic rings. The molecule has 0 saturated carbocycles. The zero-order valence-corrected chi connectivity index (χ0v) is 13.2. The monoisotopic (exact) mass is 305 g/mol. The van der Waals surface area contributed by atoms with Gasteiger partial charge in [-0.2, -0.15) is 10.2 Å². The fourth-order valence-electron chi connectivity index (χ4n) is 2.70. The highest BCUT2D eigenvalue weighted by Gasteiger charge is 2.24. The number of hydrogen-bond donors (Lipinski definition) is 1. The maximum absolute atomic E-state index is 5.87. The first kappa shape index (κ1) is 15.2. The Balaban J connectivity index is 1.57. The van der Waals surface area contributed by atoms with Crippen molar-refractivity contribution in [2.45, 2.75) is 25.6 Å². The highest BCUT2D eigenvalue weighted by molar-refractivity contribution is 5.22. The number of hydrogen-bond acceptors (Lipinski definition) is 5. The number of ether oxygens (including phenoxy) is 2. The maximum Gasteiger partial charge on any atom is 0.114 e. The van der Waals surface area contributed by atoms with Crippen LogP contribution < -0.4 is 5.32 Å². The Hall–Kier alpha value is -1.70. The maximum atomic E-state index is 5.87. The molecular formula is C15H23N5O2. The van der Waals surface area contributed by atoms with E-state index in [1.54, 1.807) is 7.11 Å². The SMILES string of the molecule is COCCn1cc2c(n1)[C@@H](CNCc1cnn(C)c1)OCC2. The summed E-state index contributed by atoms with van der Waals surface area (Å²) < 4.78 is 14.7. The Bertz CT molecular complexity index is 607. The molecule has 0 aliphatic carbocycles. The summed E-state index contributed by atoms with van der Waals surface area (Å²) >= 11 is 0. The third kappa shape index (κ3) is 3.55. The van der Waals surface area contributed by atoms with E-state index in [0.29, 0.717) is 6.61 Å². The molecule has 0 spiro atoms. The molecule has 0 amide bonds. The van der Waals surface area contributed by atoms with Crippen LogP contribution in [0.4, 0.5) is 0 Å². The predicted molar refractivity (Wildman–Crippen MR) is 81.4 cm³/mol. The molecule has 0 bridgehead atoms. The van der Waals surface area contributed by atoms with E-state index in [1.165, 1.54) is 11.1 Å². The first-order valence-corrected chi connectivity index (χ1v) is 7.61. The number of aromatic nitrogens is 4. The molecular weight excluding hydrogens is 282 g/mol. The van der Waals surface area contributed by atoms with E-state index < -0.39 is 0 Å². The fourth-order valence-corrected chi connectivity index (χ4v) is 2.70. The smallest absolute Gasteiger partial charge is 0.114 e. The molecule has 0 radical (unpaired) electrons. The van der Waals surface area contributed by atoms with Crippen LogP contribution in [-0.4, -0.2) is 46.4 Å². The molecule has 0 saturated heterocycles. The summed E-state index contributed by atoms with van der Waals surface area (Å²) in [5.41, 5.74) is 3.51. The normalized spacial score (nSPS) is 17.6. The van der Waals surface area contributed by atoms with Crippen molar-refractivity contribution in [3.05, 3.63) is 35.4 Å². The Kier molecular flexibility index (Phi) is 4.87. The molecule has 7 nitrogen and oxygen atoms in total. The summed E-state index contributed by atoms with van der Waals surface area (Å²) in [5.74, 6) is 0. The van der Waals surface area contributed by atoms with Crippen molar-refractivity contribution in [2.75, 3.05) is 26.9 Å². The molecule has 22 heavy (non-hydrogen) atoms. The number of nitrogens with one attached hydrogen (secondary N) is 1. The minimum absolute atomic E-state index is 0.0178. The summed E-state index contributed by atoms with van der Waals surface area (Å²) in [7, 11) is 3.63. The summed E-state index contributed by atoms with van der Waals surface area (Å²) in [5, 5.41) is 12.2. The average Bonchev–Trinajstić information content (AvgIpc) is 3.11. The van der Waals surface area contributed by atoms with E-state index in [0.717, 1.165) is 38.4 Å². The number of fused-ring (bicyclic) bond motifs is 1. The lowest BCUT2D eigenvalue weighted by molar-refractivity contribution is 0.0392. The fraction of sp³-hybridized carbons (Fsp3) is 0.600. The Morgan fingerprint density at radius 1 is 1.45 bits per heavy atom. The zero-order valence-electron chi connectivity index (χ0n) is 13.2. The lowest BCUT2D eigenvalue weighted by Crippen LogP contribution is -2.27. The number of methoxy groups -OCH3 is 1. The van der Waals surface area contributed by atoms with Crippen molar-refractivity contribution in [3.8, 4) is 0 Å². The van der Waals surface area contributed by atoms with Gasteiger partial charge < -0.3 is 14.8 Å². The molecule has 1 atom stereocenters. The second-order valence-corrected chi connectivity index (χ2v) is 5.56. The van der Waals surface area contributed by atoms with Crippen molar-refractivity contribution >= 4 is 0 Å². The topological polar surface area (TPSA) is 66.1 Å². The highest BCUT2D eigenvalue weighted by atomic mass is 16.5. The van der Waals surface area contributed by atoms with E-state index >= 15 is 0 Å².